The van der Waals surface area contributed by atoms with Crippen molar-refractivity contribution in [2.75, 3.05) is 5.43 Å². The van der Waals surface area contributed by atoms with Crippen molar-refractivity contribution in [2.24, 2.45) is 5.84 Å². The van der Waals surface area contributed by atoms with Gasteiger partial charge in [-0.1, -0.05) is 6.07 Å². The SMILES string of the molecule is Cc1cc(C)c(C)c(OCc2cnc(NN)cn2)c1. The Morgan fingerprint density at radius 3 is 2.58 bits per heavy atom. The lowest BCUT2D eigenvalue weighted by Crippen LogP contribution is -2.09. The van der Waals surface area contributed by atoms with Crippen LogP contribution in [0.15, 0.2) is 24.5 Å². The zero-order chi connectivity index (χ0) is 13.8. The van der Waals surface area contributed by atoms with Crippen molar-refractivity contribution in [1.82, 2.24) is 9.97 Å². The highest BCUT2D eigenvalue weighted by Gasteiger charge is 2.05. The Morgan fingerprint density at radius 2 is 1.95 bits per heavy atom. The fourth-order valence-corrected chi connectivity index (χ4v) is 1.81. The average Bonchev–Trinajstić information content (AvgIpc) is 2.41. The summed E-state index contributed by atoms with van der Waals surface area (Å²) in [7, 11) is 0. The molecule has 0 bridgehead atoms. The van der Waals surface area contributed by atoms with Gasteiger partial charge in [0, 0.05) is 0 Å². The average molecular weight is 258 g/mol. The van der Waals surface area contributed by atoms with Crippen LogP contribution in [0.3, 0.4) is 0 Å². The molecule has 5 nitrogen and oxygen atoms in total. The molecule has 0 amide bonds. The summed E-state index contributed by atoms with van der Waals surface area (Å²) in [6, 6.07) is 4.18. The molecule has 0 fully saturated rings. The number of nitrogen functional groups attached to an aromatic ring is 1. The Labute approximate surface area is 112 Å². The highest BCUT2D eigenvalue weighted by molar-refractivity contribution is 5.42. The van der Waals surface area contributed by atoms with E-state index < -0.39 is 0 Å². The minimum Gasteiger partial charge on any atom is -0.487 e. The number of nitrogens with zero attached hydrogens (tertiary/aromatic N) is 2. The molecule has 0 saturated heterocycles. The van der Waals surface area contributed by atoms with Gasteiger partial charge < -0.3 is 10.2 Å². The van der Waals surface area contributed by atoms with E-state index in [1.54, 1.807) is 12.4 Å². The summed E-state index contributed by atoms with van der Waals surface area (Å²) in [5, 5.41) is 0. The summed E-state index contributed by atoms with van der Waals surface area (Å²) in [6.45, 7) is 6.58. The second-order valence-electron chi connectivity index (χ2n) is 4.53. The zero-order valence-electron chi connectivity index (χ0n) is 11.4. The van der Waals surface area contributed by atoms with E-state index in [4.69, 9.17) is 10.6 Å². The summed E-state index contributed by atoms with van der Waals surface area (Å²) < 4.78 is 5.80. The van der Waals surface area contributed by atoms with Crippen LogP contribution < -0.4 is 16.0 Å². The van der Waals surface area contributed by atoms with Gasteiger partial charge in [0.1, 0.15) is 12.4 Å². The van der Waals surface area contributed by atoms with Gasteiger partial charge in [-0.15, -0.1) is 0 Å². The van der Waals surface area contributed by atoms with E-state index in [2.05, 4.69) is 42.2 Å². The number of nitrogens with two attached hydrogens (primary N) is 1. The van der Waals surface area contributed by atoms with Gasteiger partial charge in [-0.25, -0.2) is 10.8 Å². The number of nitrogens with one attached hydrogen (secondary N) is 1. The highest BCUT2D eigenvalue weighted by Crippen LogP contribution is 2.23. The van der Waals surface area contributed by atoms with Crippen LogP contribution in [-0.4, -0.2) is 9.97 Å². The quantitative estimate of drug-likeness (QED) is 0.650. The first-order chi connectivity index (χ1) is 9.10. The molecule has 1 heterocycles. The Bertz CT molecular complexity index is 566. The highest BCUT2D eigenvalue weighted by atomic mass is 16.5. The third kappa shape index (κ3) is 3.20. The first kappa shape index (κ1) is 13.3. The molecule has 0 unspecified atom stereocenters. The number of rotatable bonds is 4. The van der Waals surface area contributed by atoms with Crippen LogP contribution in [0.5, 0.6) is 5.75 Å². The van der Waals surface area contributed by atoms with Gasteiger partial charge in [0.25, 0.3) is 0 Å². The van der Waals surface area contributed by atoms with Crippen LogP contribution in [0.4, 0.5) is 5.82 Å². The van der Waals surface area contributed by atoms with E-state index in [0.29, 0.717) is 12.4 Å². The Morgan fingerprint density at radius 1 is 1.16 bits per heavy atom. The lowest BCUT2D eigenvalue weighted by atomic mass is 10.1. The Kier molecular flexibility index (Phi) is 3.97. The molecule has 0 radical (unpaired) electrons. The molecule has 0 spiro atoms. The molecule has 1 aromatic heterocycles. The van der Waals surface area contributed by atoms with Gasteiger partial charge >= 0.3 is 0 Å². The smallest absolute Gasteiger partial charge is 0.158 e. The number of aromatic nitrogens is 2. The van der Waals surface area contributed by atoms with Crippen LogP contribution in [0, 0.1) is 20.8 Å². The largest absolute Gasteiger partial charge is 0.487 e. The lowest BCUT2D eigenvalue weighted by molar-refractivity contribution is 0.298. The van der Waals surface area contributed by atoms with Crippen molar-refractivity contribution in [3.63, 3.8) is 0 Å². The standard InChI is InChI=1S/C14H18N4O/c1-9-4-10(2)11(3)13(5-9)19-8-12-6-17-14(18-15)7-16-12/h4-7H,8,15H2,1-3H3,(H,17,18). The first-order valence-corrected chi connectivity index (χ1v) is 6.08. The Balaban J connectivity index is 2.09. The summed E-state index contributed by atoms with van der Waals surface area (Å²) in [5.74, 6) is 6.66. The molecule has 100 valence electrons. The van der Waals surface area contributed by atoms with Crippen LogP contribution >= 0.6 is 0 Å². The fourth-order valence-electron chi connectivity index (χ4n) is 1.81. The molecule has 0 aliphatic heterocycles. The Hall–Kier alpha value is -2.14. The molecule has 0 aliphatic carbocycles. The molecule has 1 aromatic carbocycles. The van der Waals surface area contributed by atoms with E-state index in [-0.39, 0.29) is 0 Å². The van der Waals surface area contributed by atoms with Crippen molar-refractivity contribution in [3.05, 3.63) is 46.9 Å². The molecule has 0 atom stereocenters. The van der Waals surface area contributed by atoms with E-state index >= 15 is 0 Å². The number of hydrazine groups is 1. The van der Waals surface area contributed by atoms with Gasteiger partial charge in [-0.3, -0.25) is 4.98 Å². The van der Waals surface area contributed by atoms with Crippen molar-refractivity contribution in [2.45, 2.75) is 27.4 Å². The topological polar surface area (TPSA) is 73.1 Å². The van der Waals surface area contributed by atoms with E-state index in [1.807, 2.05) is 6.07 Å². The summed E-state index contributed by atoms with van der Waals surface area (Å²) >= 11 is 0. The molecule has 2 aromatic rings. The summed E-state index contributed by atoms with van der Waals surface area (Å²) in [6.07, 6.45) is 3.22. The van der Waals surface area contributed by atoms with Gasteiger partial charge in [-0.2, -0.15) is 0 Å². The number of anilines is 1. The molecular weight excluding hydrogens is 240 g/mol. The van der Waals surface area contributed by atoms with Crippen molar-refractivity contribution < 1.29 is 4.74 Å². The van der Waals surface area contributed by atoms with Crippen molar-refractivity contribution >= 4 is 5.82 Å². The number of hydrogen-bond donors (Lipinski definition) is 2. The third-order valence-corrected chi connectivity index (χ3v) is 2.99. The van der Waals surface area contributed by atoms with Gasteiger partial charge in [0.2, 0.25) is 0 Å². The van der Waals surface area contributed by atoms with E-state index in [1.165, 1.54) is 11.1 Å². The van der Waals surface area contributed by atoms with Crippen LogP contribution in [0.2, 0.25) is 0 Å². The summed E-state index contributed by atoms with van der Waals surface area (Å²) in [4.78, 5) is 8.30. The van der Waals surface area contributed by atoms with Crippen molar-refractivity contribution in [1.29, 1.82) is 0 Å². The monoisotopic (exact) mass is 258 g/mol. The minimum atomic E-state index is 0.390. The van der Waals surface area contributed by atoms with Gasteiger partial charge in [0.15, 0.2) is 5.82 Å². The molecule has 5 heteroatoms. The molecule has 2 rings (SSSR count). The number of ether oxygens (including phenoxy) is 1. The molecule has 19 heavy (non-hydrogen) atoms. The predicted molar refractivity (Wildman–Crippen MR) is 74.8 cm³/mol. The maximum Gasteiger partial charge on any atom is 0.158 e. The maximum atomic E-state index is 5.80. The normalized spacial score (nSPS) is 10.3. The van der Waals surface area contributed by atoms with E-state index in [9.17, 15) is 0 Å². The lowest BCUT2D eigenvalue weighted by Gasteiger charge is -2.12. The van der Waals surface area contributed by atoms with Gasteiger partial charge in [-0.05, 0) is 43.5 Å². The number of aryl methyl sites for hydroxylation is 2. The fraction of sp³-hybridized carbons (Fsp3) is 0.286. The number of benzene rings is 1. The van der Waals surface area contributed by atoms with Crippen molar-refractivity contribution in [3.8, 4) is 5.75 Å². The zero-order valence-corrected chi connectivity index (χ0v) is 11.4. The number of hydrogen-bond acceptors (Lipinski definition) is 5. The predicted octanol–water partition coefficient (Wildman–Crippen LogP) is 2.27. The minimum absolute atomic E-state index is 0.390. The van der Waals surface area contributed by atoms with E-state index in [0.717, 1.165) is 17.0 Å². The second kappa shape index (κ2) is 5.67. The molecule has 3 N–H and O–H groups in total. The molecule has 0 aliphatic rings. The molecular formula is C14H18N4O. The summed E-state index contributed by atoms with van der Waals surface area (Å²) in [5.41, 5.74) is 6.76. The second-order valence-corrected chi connectivity index (χ2v) is 4.53. The molecule has 0 saturated carbocycles. The first-order valence-electron chi connectivity index (χ1n) is 6.08. The van der Waals surface area contributed by atoms with Crippen LogP contribution in [-0.2, 0) is 6.61 Å². The third-order valence-electron chi connectivity index (χ3n) is 2.99. The maximum absolute atomic E-state index is 5.80. The van der Waals surface area contributed by atoms with Gasteiger partial charge in [0.05, 0.1) is 18.1 Å². The van der Waals surface area contributed by atoms with Crippen LogP contribution in [0.1, 0.15) is 22.4 Å². The van der Waals surface area contributed by atoms with Crippen LogP contribution in [0.25, 0.3) is 0 Å².